The van der Waals surface area contributed by atoms with E-state index in [1.807, 2.05) is 57.2 Å². The van der Waals surface area contributed by atoms with Crippen LogP contribution in [0.4, 0.5) is 11.4 Å². The first-order chi connectivity index (χ1) is 11.9. The van der Waals surface area contributed by atoms with Crippen LogP contribution in [-0.2, 0) is 9.59 Å². The van der Waals surface area contributed by atoms with Gasteiger partial charge in [0, 0.05) is 16.3 Å². The number of carbonyl (C=O) groups excluding carboxylic acids is 2. The van der Waals surface area contributed by atoms with E-state index >= 15 is 0 Å². The van der Waals surface area contributed by atoms with Crippen LogP contribution in [0.5, 0.6) is 0 Å². The molecule has 0 fully saturated rings. The maximum Gasteiger partial charge on any atom is 0.243 e. The summed E-state index contributed by atoms with van der Waals surface area (Å²) in [5.41, 5.74) is 10.1. The lowest BCUT2D eigenvalue weighted by molar-refractivity contribution is -0.116. The standard InChI is InChI=1S/C19H23N3O2S/c1-12-8-13(2)19(14(3)9-12)22-18(24)10-21-15-6-4-5-7-16(15)25-11-17(20)23/h4-9,21H,10-11H2,1-3H3,(H2,20,23)(H,22,24). The maximum absolute atomic E-state index is 12.3. The Morgan fingerprint density at radius 1 is 1.08 bits per heavy atom. The largest absolute Gasteiger partial charge is 0.375 e. The van der Waals surface area contributed by atoms with Crippen molar-refractivity contribution in [2.45, 2.75) is 25.7 Å². The Morgan fingerprint density at radius 3 is 2.36 bits per heavy atom. The molecular weight excluding hydrogens is 334 g/mol. The van der Waals surface area contributed by atoms with Crippen LogP contribution < -0.4 is 16.4 Å². The number of amides is 2. The van der Waals surface area contributed by atoms with Crippen molar-refractivity contribution < 1.29 is 9.59 Å². The smallest absolute Gasteiger partial charge is 0.243 e. The number of carbonyl (C=O) groups is 2. The van der Waals surface area contributed by atoms with Crippen LogP contribution in [-0.4, -0.2) is 24.1 Å². The predicted molar refractivity (Wildman–Crippen MR) is 104 cm³/mol. The summed E-state index contributed by atoms with van der Waals surface area (Å²) >= 11 is 1.35. The van der Waals surface area contributed by atoms with Gasteiger partial charge in [-0.3, -0.25) is 9.59 Å². The van der Waals surface area contributed by atoms with E-state index in [-0.39, 0.29) is 24.1 Å². The summed E-state index contributed by atoms with van der Waals surface area (Å²) in [4.78, 5) is 24.1. The van der Waals surface area contributed by atoms with Crippen LogP contribution in [0.15, 0.2) is 41.3 Å². The van der Waals surface area contributed by atoms with E-state index in [0.29, 0.717) is 0 Å². The fourth-order valence-corrected chi connectivity index (χ4v) is 3.39. The fraction of sp³-hybridized carbons (Fsp3) is 0.263. The number of thioether (sulfide) groups is 1. The second-order valence-electron chi connectivity index (χ2n) is 5.93. The van der Waals surface area contributed by atoms with Crippen molar-refractivity contribution in [2.75, 3.05) is 22.9 Å². The van der Waals surface area contributed by atoms with Gasteiger partial charge in [-0.15, -0.1) is 11.8 Å². The molecule has 0 saturated heterocycles. The lowest BCUT2D eigenvalue weighted by Gasteiger charge is -2.14. The molecule has 0 heterocycles. The average Bonchev–Trinajstić information content (AvgIpc) is 2.55. The van der Waals surface area contributed by atoms with Crippen LogP contribution in [0.2, 0.25) is 0 Å². The molecule has 0 aromatic heterocycles. The van der Waals surface area contributed by atoms with E-state index in [0.717, 1.165) is 27.4 Å². The van der Waals surface area contributed by atoms with E-state index in [1.54, 1.807) is 0 Å². The highest BCUT2D eigenvalue weighted by atomic mass is 32.2. The Kier molecular flexibility index (Phi) is 6.47. The van der Waals surface area contributed by atoms with Crippen molar-refractivity contribution in [3.8, 4) is 0 Å². The predicted octanol–water partition coefficient (Wildman–Crippen LogP) is 3.24. The molecule has 0 aliphatic carbocycles. The third-order valence-corrected chi connectivity index (χ3v) is 4.73. The van der Waals surface area contributed by atoms with Gasteiger partial charge in [0.1, 0.15) is 0 Å². The van der Waals surface area contributed by atoms with E-state index in [2.05, 4.69) is 10.6 Å². The van der Waals surface area contributed by atoms with Crippen molar-refractivity contribution in [3.05, 3.63) is 53.1 Å². The molecule has 2 rings (SSSR count). The SMILES string of the molecule is Cc1cc(C)c(NC(=O)CNc2ccccc2SCC(N)=O)c(C)c1. The molecule has 0 aliphatic rings. The summed E-state index contributed by atoms with van der Waals surface area (Å²) in [5.74, 6) is -0.292. The van der Waals surface area contributed by atoms with Crippen molar-refractivity contribution in [1.82, 2.24) is 0 Å². The molecule has 5 nitrogen and oxygen atoms in total. The number of nitrogens with two attached hydrogens (primary N) is 1. The monoisotopic (exact) mass is 357 g/mol. The van der Waals surface area contributed by atoms with Crippen molar-refractivity contribution in [3.63, 3.8) is 0 Å². The molecule has 6 heteroatoms. The molecule has 0 radical (unpaired) electrons. The first kappa shape index (κ1) is 18.9. The average molecular weight is 357 g/mol. The number of para-hydroxylation sites is 1. The number of primary amides is 1. The third-order valence-electron chi connectivity index (χ3n) is 3.64. The van der Waals surface area contributed by atoms with Gasteiger partial charge in [0.25, 0.3) is 0 Å². The number of nitrogens with one attached hydrogen (secondary N) is 2. The molecule has 25 heavy (non-hydrogen) atoms. The van der Waals surface area contributed by atoms with Crippen molar-refractivity contribution in [2.24, 2.45) is 5.73 Å². The topological polar surface area (TPSA) is 84.2 Å². The van der Waals surface area contributed by atoms with Gasteiger partial charge >= 0.3 is 0 Å². The van der Waals surface area contributed by atoms with Gasteiger partial charge in [-0.05, 0) is 44.0 Å². The zero-order chi connectivity index (χ0) is 18.4. The van der Waals surface area contributed by atoms with Crippen LogP contribution in [0.3, 0.4) is 0 Å². The molecule has 0 spiro atoms. The van der Waals surface area contributed by atoms with E-state index in [4.69, 9.17) is 5.73 Å². The van der Waals surface area contributed by atoms with Gasteiger partial charge in [-0.25, -0.2) is 0 Å². The van der Waals surface area contributed by atoms with Crippen molar-refractivity contribution >= 4 is 35.0 Å². The van der Waals surface area contributed by atoms with E-state index < -0.39 is 0 Å². The van der Waals surface area contributed by atoms with Gasteiger partial charge in [0.2, 0.25) is 11.8 Å². The first-order valence-electron chi connectivity index (χ1n) is 7.98. The summed E-state index contributed by atoms with van der Waals surface area (Å²) in [5, 5.41) is 6.09. The van der Waals surface area contributed by atoms with Crippen LogP contribution in [0.25, 0.3) is 0 Å². The summed E-state index contributed by atoms with van der Waals surface area (Å²) in [6, 6.07) is 11.6. The second-order valence-corrected chi connectivity index (χ2v) is 6.94. The van der Waals surface area contributed by atoms with Crippen LogP contribution in [0.1, 0.15) is 16.7 Å². The summed E-state index contributed by atoms with van der Waals surface area (Å²) in [7, 11) is 0. The molecule has 0 atom stereocenters. The van der Waals surface area contributed by atoms with Crippen LogP contribution in [0, 0.1) is 20.8 Å². The normalized spacial score (nSPS) is 10.4. The van der Waals surface area contributed by atoms with Crippen molar-refractivity contribution in [1.29, 1.82) is 0 Å². The Bertz CT molecular complexity index is 767. The molecular formula is C19H23N3O2S. The lowest BCUT2D eigenvalue weighted by atomic mass is 10.1. The number of benzene rings is 2. The molecule has 2 aromatic rings. The van der Waals surface area contributed by atoms with Gasteiger partial charge < -0.3 is 16.4 Å². The number of hydrogen-bond acceptors (Lipinski definition) is 4. The van der Waals surface area contributed by atoms with E-state index in [1.165, 1.54) is 17.3 Å². The minimum atomic E-state index is -0.372. The molecule has 2 aromatic carbocycles. The quantitative estimate of drug-likeness (QED) is 0.664. The Balaban J connectivity index is 2.00. The number of aryl methyl sites for hydroxylation is 3. The Hall–Kier alpha value is -2.47. The minimum absolute atomic E-state index is 0.121. The van der Waals surface area contributed by atoms with E-state index in [9.17, 15) is 9.59 Å². The number of anilines is 2. The molecule has 0 aliphatic heterocycles. The third kappa shape index (κ3) is 5.53. The summed E-state index contributed by atoms with van der Waals surface area (Å²) in [6.07, 6.45) is 0. The lowest BCUT2D eigenvalue weighted by Crippen LogP contribution is -2.23. The number of hydrogen-bond donors (Lipinski definition) is 3. The Morgan fingerprint density at radius 2 is 1.72 bits per heavy atom. The van der Waals surface area contributed by atoms with Gasteiger partial charge in [0.15, 0.2) is 0 Å². The highest BCUT2D eigenvalue weighted by Gasteiger charge is 2.10. The second kappa shape index (κ2) is 8.58. The van der Waals surface area contributed by atoms with Gasteiger partial charge in [-0.1, -0.05) is 29.8 Å². The van der Waals surface area contributed by atoms with Gasteiger partial charge in [-0.2, -0.15) is 0 Å². The first-order valence-corrected chi connectivity index (χ1v) is 8.97. The fourth-order valence-electron chi connectivity index (χ4n) is 2.62. The minimum Gasteiger partial charge on any atom is -0.375 e. The molecule has 0 unspecified atom stereocenters. The highest BCUT2D eigenvalue weighted by Crippen LogP contribution is 2.26. The summed E-state index contributed by atoms with van der Waals surface area (Å²) < 4.78 is 0. The highest BCUT2D eigenvalue weighted by molar-refractivity contribution is 8.00. The molecule has 0 saturated carbocycles. The molecule has 4 N–H and O–H groups in total. The summed E-state index contributed by atoms with van der Waals surface area (Å²) in [6.45, 7) is 6.15. The van der Waals surface area contributed by atoms with Crippen LogP contribution >= 0.6 is 11.8 Å². The maximum atomic E-state index is 12.3. The number of rotatable bonds is 7. The molecule has 132 valence electrons. The zero-order valence-corrected chi connectivity index (χ0v) is 15.5. The molecule has 0 bridgehead atoms. The molecule has 2 amide bonds. The van der Waals surface area contributed by atoms with Gasteiger partial charge in [0.05, 0.1) is 12.3 Å². The zero-order valence-electron chi connectivity index (χ0n) is 14.7. The Labute approximate surface area is 152 Å².